The number of aryl methyl sites for hydroxylation is 1. The molecule has 0 unspecified atom stereocenters. The van der Waals surface area contributed by atoms with Crippen molar-refractivity contribution in [2.24, 2.45) is 0 Å². The van der Waals surface area contributed by atoms with Gasteiger partial charge in [0, 0.05) is 18.8 Å². The molecule has 102 valence electrons. The first-order valence-electron chi connectivity index (χ1n) is 6.75. The van der Waals surface area contributed by atoms with Crippen LogP contribution in [0.15, 0.2) is 60.8 Å². The Hall–Kier alpha value is -2.42. The van der Waals surface area contributed by atoms with E-state index in [9.17, 15) is 4.79 Å². The molecule has 1 aromatic carbocycles. The maximum absolute atomic E-state index is 11.6. The van der Waals surface area contributed by atoms with Crippen LogP contribution in [-0.2, 0) is 11.2 Å². The van der Waals surface area contributed by atoms with Crippen LogP contribution in [0, 0.1) is 0 Å². The summed E-state index contributed by atoms with van der Waals surface area (Å²) in [7, 11) is 0. The van der Waals surface area contributed by atoms with Crippen molar-refractivity contribution in [3.05, 3.63) is 72.1 Å². The summed E-state index contributed by atoms with van der Waals surface area (Å²) in [6.45, 7) is 0.681. The van der Waals surface area contributed by atoms with Crippen molar-refractivity contribution in [2.45, 2.75) is 12.8 Å². The first kappa shape index (κ1) is 14.0. The summed E-state index contributed by atoms with van der Waals surface area (Å²) in [6.07, 6.45) is 6.85. The summed E-state index contributed by atoms with van der Waals surface area (Å²) in [5.74, 6) is -0.0799. The molecule has 1 amide bonds. The van der Waals surface area contributed by atoms with Gasteiger partial charge in [0.2, 0.25) is 5.91 Å². The number of aromatic nitrogens is 1. The van der Waals surface area contributed by atoms with E-state index >= 15 is 0 Å². The summed E-state index contributed by atoms with van der Waals surface area (Å²) in [6, 6.07) is 15.9. The van der Waals surface area contributed by atoms with Gasteiger partial charge in [-0.15, -0.1) is 0 Å². The van der Waals surface area contributed by atoms with Crippen molar-refractivity contribution >= 4 is 12.0 Å². The second-order valence-corrected chi connectivity index (χ2v) is 4.47. The molecule has 0 fully saturated rings. The van der Waals surface area contributed by atoms with Crippen LogP contribution in [-0.4, -0.2) is 17.4 Å². The van der Waals surface area contributed by atoms with E-state index in [1.165, 1.54) is 11.6 Å². The largest absolute Gasteiger partial charge is 0.353 e. The van der Waals surface area contributed by atoms with Crippen LogP contribution in [0.5, 0.6) is 0 Å². The Labute approximate surface area is 119 Å². The van der Waals surface area contributed by atoms with E-state index in [1.54, 1.807) is 12.3 Å². The lowest BCUT2D eigenvalue weighted by Gasteiger charge is -2.02. The number of benzene rings is 1. The monoisotopic (exact) mass is 266 g/mol. The molecule has 0 aliphatic heterocycles. The molecule has 2 aromatic rings. The Morgan fingerprint density at radius 1 is 1.10 bits per heavy atom. The highest BCUT2D eigenvalue weighted by Gasteiger charge is 1.96. The molecule has 3 heteroatoms. The second-order valence-electron chi connectivity index (χ2n) is 4.47. The maximum Gasteiger partial charge on any atom is 0.244 e. The maximum atomic E-state index is 11.6. The molecule has 1 aromatic heterocycles. The highest BCUT2D eigenvalue weighted by atomic mass is 16.1. The summed E-state index contributed by atoms with van der Waals surface area (Å²) in [5, 5.41) is 2.87. The van der Waals surface area contributed by atoms with E-state index in [0.717, 1.165) is 18.5 Å². The van der Waals surface area contributed by atoms with Gasteiger partial charge in [0.15, 0.2) is 0 Å². The van der Waals surface area contributed by atoms with Crippen LogP contribution in [0.2, 0.25) is 0 Å². The van der Waals surface area contributed by atoms with Crippen molar-refractivity contribution in [3.63, 3.8) is 0 Å². The van der Waals surface area contributed by atoms with Crippen molar-refractivity contribution in [3.8, 4) is 0 Å². The van der Waals surface area contributed by atoms with Gasteiger partial charge in [0.25, 0.3) is 0 Å². The average molecular weight is 266 g/mol. The van der Waals surface area contributed by atoms with E-state index in [0.29, 0.717) is 6.54 Å². The van der Waals surface area contributed by atoms with Gasteiger partial charge in [-0.3, -0.25) is 9.78 Å². The summed E-state index contributed by atoms with van der Waals surface area (Å²) >= 11 is 0. The fourth-order valence-corrected chi connectivity index (χ4v) is 1.84. The second kappa shape index (κ2) is 7.89. The van der Waals surface area contributed by atoms with Crippen LogP contribution < -0.4 is 5.32 Å². The van der Waals surface area contributed by atoms with Gasteiger partial charge in [0.1, 0.15) is 0 Å². The number of pyridine rings is 1. The Morgan fingerprint density at radius 2 is 1.90 bits per heavy atom. The molecule has 3 nitrogen and oxygen atoms in total. The molecule has 0 aliphatic rings. The van der Waals surface area contributed by atoms with E-state index in [2.05, 4.69) is 22.4 Å². The SMILES string of the molecule is O=C(/C=C/c1ccccn1)NCCCc1ccccc1. The number of hydrogen-bond donors (Lipinski definition) is 1. The number of amides is 1. The highest BCUT2D eigenvalue weighted by molar-refractivity contribution is 5.91. The fourth-order valence-electron chi connectivity index (χ4n) is 1.84. The zero-order valence-electron chi connectivity index (χ0n) is 11.3. The van der Waals surface area contributed by atoms with Crippen LogP contribution in [0.1, 0.15) is 17.7 Å². The van der Waals surface area contributed by atoms with E-state index < -0.39 is 0 Å². The molecule has 20 heavy (non-hydrogen) atoms. The Bertz CT molecular complexity index is 550. The lowest BCUT2D eigenvalue weighted by atomic mass is 10.1. The fraction of sp³-hybridized carbons (Fsp3) is 0.176. The van der Waals surface area contributed by atoms with E-state index in [-0.39, 0.29) is 5.91 Å². The van der Waals surface area contributed by atoms with Gasteiger partial charge in [-0.05, 0) is 36.6 Å². The first-order chi connectivity index (χ1) is 9.84. The molecule has 0 atom stereocenters. The Balaban J connectivity index is 1.67. The van der Waals surface area contributed by atoms with Crippen molar-refractivity contribution in [2.75, 3.05) is 6.54 Å². The molecule has 2 rings (SSSR count). The molecule has 0 saturated carbocycles. The average Bonchev–Trinajstić information content (AvgIpc) is 2.52. The number of nitrogens with zero attached hydrogens (tertiary/aromatic N) is 1. The zero-order valence-corrected chi connectivity index (χ0v) is 11.3. The van der Waals surface area contributed by atoms with Gasteiger partial charge in [-0.2, -0.15) is 0 Å². The van der Waals surface area contributed by atoms with Crippen molar-refractivity contribution in [1.29, 1.82) is 0 Å². The first-order valence-corrected chi connectivity index (χ1v) is 6.75. The predicted molar refractivity (Wildman–Crippen MR) is 81.0 cm³/mol. The number of carbonyl (C=O) groups excluding carboxylic acids is 1. The smallest absolute Gasteiger partial charge is 0.244 e. The van der Waals surface area contributed by atoms with Crippen LogP contribution in [0.25, 0.3) is 6.08 Å². The lowest BCUT2D eigenvalue weighted by molar-refractivity contribution is -0.116. The van der Waals surface area contributed by atoms with Gasteiger partial charge in [0.05, 0.1) is 5.69 Å². The van der Waals surface area contributed by atoms with Crippen LogP contribution >= 0.6 is 0 Å². The molecule has 0 bridgehead atoms. The third kappa shape index (κ3) is 5.06. The highest BCUT2D eigenvalue weighted by Crippen LogP contribution is 2.01. The van der Waals surface area contributed by atoms with Crippen LogP contribution in [0.3, 0.4) is 0 Å². The molecule has 0 saturated heterocycles. The Morgan fingerprint density at radius 3 is 2.65 bits per heavy atom. The zero-order chi connectivity index (χ0) is 14.0. The topological polar surface area (TPSA) is 42.0 Å². The van der Waals surface area contributed by atoms with Gasteiger partial charge in [-0.1, -0.05) is 36.4 Å². The van der Waals surface area contributed by atoms with Crippen molar-refractivity contribution in [1.82, 2.24) is 10.3 Å². The van der Waals surface area contributed by atoms with Crippen LogP contribution in [0.4, 0.5) is 0 Å². The molecule has 0 radical (unpaired) electrons. The van der Waals surface area contributed by atoms with Gasteiger partial charge >= 0.3 is 0 Å². The molecule has 1 heterocycles. The molecule has 0 spiro atoms. The summed E-state index contributed by atoms with van der Waals surface area (Å²) in [4.78, 5) is 15.7. The molecular weight excluding hydrogens is 248 g/mol. The minimum absolute atomic E-state index is 0.0799. The third-order valence-corrected chi connectivity index (χ3v) is 2.88. The minimum atomic E-state index is -0.0799. The third-order valence-electron chi connectivity index (χ3n) is 2.88. The van der Waals surface area contributed by atoms with E-state index in [1.807, 2.05) is 36.4 Å². The summed E-state index contributed by atoms with van der Waals surface area (Å²) < 4.78 is 0. The van der Waals surface area contributed by atoms with Gasteiger partial charge < -0.3 is 5.32 Å². The number of carbonyl (C=O) groups is 1. The molecule has 1 N–H and O–H groups in total. The lowest BCUT2D eigenvalue weighted by Crippen LogP contribution is -2.22. The molecular formula is C17H18N2O. The number of nitrogens with one attached hydrogen (secondary N) is 1. The molecule has 0 aliphatic carbocycles. The van der Waals surface area contributed by atoms with Crippen molar-refractivity contribution < 1.29 is 4.79 Å². The number of rotatable bonds is 6. The van der Waals surface area contributed by atoms with E-state index in [4.69, 9.17) is 0 Å². The minimum Gasteiger partial charge on any atom is -0.353 e. The predicted octanol–water partition coefficient (Wildman–Crippen LogP) is 2.84. The van der Waals surface area contributed by atoms with Gasteiger partial charge in [-0.25, -0.2) is 0 Å². The Kier molecular flexibility index (Phi) is 5.53. The number of hydrogen-bond acceptors (Lipinski definition) is 2. The normalized spacial score (nSPS) is 10.6. The summed E-state index contributed by atoms with van der Waals surface area (Å²) in [5.41, 5.74) is 2.08. The standard InChI is InChI=1S/C17H18N2O/c20-17(12-11-16-10-4-5-13-18-16)19-14-6-9-15-7-2-1-3-8-15/h1-5,7-8,10-13H,6,9,14H2,(H,19,20)/b12-11+. The quantitative estimate of drug-likeness (QED) is 0.645.